The maximum absolute atomic E-state index is 12.6. The molecule has 0 aromatic rings. The fourth-order valence-corrected chi connectivity index (χ4v) is 4.54. The molecule has 2 N–H and O–H groups in total. The third-order valence-electron chi connectivity index (χ3n) is 6.04. The summed E-state index contributed by atoms with van der Waals surface area (Å²) in [6.45, 7) is 1.49. The summed E-state index contributed by atoms with van der Waals surface area (Å²) >= 11 is 0. The third-order valence-corrected chi connectivity index (χ3v) is 6.04. The lowest BCUT2D eigenvalue weighted by molar-refractivity contribution is -0.124. The molecule has 3 rings (SSSR count). The van der Waals surface area contributed by atoms with Gasteiger partial charge >= 0.3 is 6.03 Å². The number of hydrogen-bond donors (Lipinski definition) is 2. The first-order valence-electron chi connectivity index (χ1n) is 10.1. The van der Waals surface area contributed by atoms with Gasteiger partial charge in [-0.15, -0.1) is 0 Å². The van der Waals surface area contributed by atoms with Gasteiger partial charge in [0, 0.05) is 19.1 Å². The van der Waals surface area contributed by atoms with Gasteiger partial charge in [0.15, 0.2) is 0 Å². The molecule has 0 radical (unpaired) electrons. The monoisotopic (exact) mass is 335 g/mol. The third kappa shape index (κ3) is 4.64. The summed E-state index contributed by atoms with van der Waals surface area (Å²) in [6.07, 6.45) is 14.0. The zero-order valence-corrected chi connectivity index (χ0v) is 14.9. The lowest BCUT2D eigenvalue weighted by Gasteiger charge is -2.29. The van der Waals surface area contributed by atoms with E-state index in [2.05, 4.69) is 10.6 Å². The molecule has 3 fully saturated rings. The standard InChI is InChI=1S/C19H33N3O2/c23-18(20-14-15-8-3-1-4-9-15)17-12-7-13-22(17)19(24)21-16-10-5-2-6-11-16/h15-17H,1-14H2,(H,20,23)(H,21,24)/t17-/m0/s1. The molecule has 0 aromatic heterocycles. The highest BCUT2D eigenvalue weighted by Gasteiger charge is 2.35. The lowest BCUT2D eigenvalue weighted by atomic mass is 9.89. The van der Waals surface area contributed by atoms with Crippen molar-refractivity contribution in [2.24, 2.45) is 5.92 Å². The number of hydrogen-bond acceptors (Lipinski definition) is 2. The summed E-state index contributed by atoms with van der Waals surface area (Å²) in [5.41, 5.74) is 0. The topological polar surface area (TPSA) is 61.4 Å². The second kappa shape index (κ2) is 8.72. The molecule has 2 saturated carbocycles. The Labute approximate surface area is 145 Å². The molecule has 2 aliphatic carbocycles. The minimum Gasteiger partial charge on any atom is -0.354 e. The summed E-state index contributed by atoms with van der Waals surface area (Å²) in [6, 6.07) is 0.00666. The molecular weight excluding hydrogens is 302 g/mol. The predicted molar refractivity (Wildman–Crippen MR) is 94.7 cm³/mol. The van der Waals surface area contributed by atoms with Gasteiger partial charge in [-0.25, -0.2) is 4.79 Å². The van der Waals surface area contributed by atoms with E-state index in [9.17, 15) is 9.59 Å². The highest BCUT2D eigenvalue weighted by Crippen LogP contribution is 2.24. The zero-order chi connectivity index (χ0) is 16.8. The molecule has 1 heterocycles. The minimum absolute atomic E-state index is 0.0304. The second-order valence-electron chi connectivity index (χ2n) is 7.89. The molecule has 0 aromatic carbocycles. The molecule has 0 spiro atoms. The Morgan fingerprint density at radius 3 is 2.21 bits per heavy atom. The first-order chi connectivity index (χ1) is 11.7. The van der Waals surface area contributed by atoms with Crippen molar-refractivity contribution in [1.82, 2.24) is 15.5 Å². The van der Waals surface area contributed by atoms with Crippen LogP contribution in [0.4, 0.5) is 4.79 Å². The van der Waals surface area contributed by atoms with Crippen molar-refractivity contribution >= 4 is 11.9 Å². The summed E-state index contributed by atoms with van der Waals surface area (Å²) in [7, 11) is 0. The van der Waals surface area contributed by atoms with E-state index in [1.54, 1.807) is 4.90 Å². The van der Waals surface area contributed by atoms with Gasteiger partial charge in [-0.1, -0.05) is 38.5 Å². The van der Waals surface area contributed by atoms with Crippen LogP contribution in [0.15, 0.2) is 0 Å². The largest absolute Gasteiger partial charge is 0.354 e. The number of urea groups is 1. The van der Waals surface area contributed by atoms with Crippen LogP contribution in [0.5, 0.6) is 0 Å². The maximum atomic E-state index is 12.6. The number of amides is 3. The molecule has 1 saturated heterocycles. The summed E-state index contributed by atoms with van der Waals surface area (Å²) in [5, 5.41) is 6.28. The van der Waals surface area contributed by atoms with E-state index < -0.39 is 0 Å². The summed E-state index contributed by atoms with van der Waals surface area (Å²) in [5.74, 6) is 0.686. The van der Waals surface area contributed by atoms with Gasteiger partial charge in [-0.2, -0.15) is 0 Å². The summed E-state index contributed by atoms with van der Waals surface area (Å²) in [4.78, 5) is 26.9. The average Bonchev–Trinajstić information content (AvgIpc) is 3.11. The van der Waals surface area contributed by atoms with E-state index in [4.69, 9.17) is 0 Å². The Bertz CT molecular complexity index is 428. The summed E-state index contributed by atoms with van der Waals surface area (Å²) < 4.78 is 0. The number of rotatable bonds is 4. The molecule has 3 amide bonds. The van der Waals surface area contributed by atoms with Crippen LogP contribution in [0.1, 0.15) is 77.0 Å². The number of nitrogens with one attached hydrogen (secondary N) is 2. The molecule has 3 aliphatic rings. The van der Waals surface area contributed by atoms with Gasteiger partial charge in [0.05, 0.1) is 0 Å². The minimum atomic E-state index is -0.266. The highest BCUT2D eigenvalue weighted by atomic mass is 16.2. The first-order valence-corrected chi connectivity index (χ1v) is 10.1. The van der Waals surface area contributed by atoms with Gasteiger partial charge < -0.3 is 15.5 Å². The van der Waals surface area contributed by atoms with Gasteiger partial charge in [0.2, 0.25) is 5.91 Å². The molecule has 0 bridgehead atoms. The maximum Gasteiger partial charge on any atom is 0.318 e. The second-order valence-corrected chi connectivity index (χ2v) is 7.89. The number of carbonyl (C=O) groups is 2. The molecule has 1 aliphatic heterocycles. The number of carbonyl (C=O) groups excluding carboxylic acids is 2. The van der Waals surface area contributed by atoms with Crippen LogP contribution >= 0.6 is 0 Å². The van der Waals surface area contributed by atoms with Crippen molar-refractivity contribution in [3.63, 3.8) is 0 Å². The molecule has 5 heteroatoms. The van der Waals surface area contributed by atoms with E-state index in [0.717, 1.165) is 32.2 Å². The fraction of sp³-hybridized carbons (Fsp3) is 0.895. The van der Waals surface area contributed by atoms with Crippen LogP contribution in [0.2, 0.25) is 0 Å². The van der Waals surface area contributed by atoms with Crippen LogP contribution in [0.25, 0.3) is 0 Å². The molecule has 5 nitrogen and oxygen atoms in total. The highest BCUT2D eigenvalue weighted by molar-refractivity contribution is 5.87. The van der Waals surface area contributed by atoms with E-state index in [-0.39, 0.29) is 18.0 Å². The number of nitrogens with zero attached hydrogens (tertiary/aromatic N) is 1. The van der Waals surface area contributed by atoms with Crippen LogP contribution < -0.4 is 10.6 Å². The zero-order valence-electron chi connectivity index (χ0n) is 14.9. The van der Waals surface area contributed by atoms with Crippen LogP contribution in [0, 0.1) is 5.92 Å². The molecule has 24 heavy (non-hydrogen) atoms. The smallest absolute Gasteiger partial charge is 0.318 e. The Hall–Kier alpha value is -1.26. The average molecular weight is 335 g/mol. The van der Waals surface area contributed by atoms with Crippen molar-refractivity contribution in [2.75, 3.05) is 13.1 Å². The Kier molecular flexibility index (Phi) is 6.38. The Morgan fingerprint density at radius 1 is 0.833 bits per heavy atom. The predicted octanol–water partition coefficient (Wildman–Crippen LogP) is 3.19. The molecule has 136 valence electrons. The SMILES string of the molecule is O=C(NCC1CCCCC1)[C@@H]1CCCN1C(=O)NC1CCCCC1. The van der Waals surface area contributed by atoms with Crippen LogP contribution in [-0.2, 0) is 4.79 Å². The Balaban J connectivity index is 1.46. The van der Waals surface area contributed by atoms with Crippen LogP contribution in [0.3, 0.4) is 0 Å². The quantitative estimate of drug-likeness (QED) is 0.829. The van der Waals surface area contributed by atoms with Gasteiger partial charge in [0.25, 0.3) is 0 Å². The molecule has 1 atom stereocenters. The van der Waals surface area contributed by atoms with Crippen molar-refractivity contribution in [2.45, 2.75) is 89.1 Å². The van der Waals surface area contributed by atoms with Crippen LogP contribution in [-0.4, -0.2) is 42.0 Å². The van der Waals surface area contributed by atoms with E-state index in [1.165, 1.54) is 51.4 Å². The molecule has 0 unspecified atom stereocenters. The van der Waals surface area contributed by atoms with Gasteiger partial charge in [-0.05, 0) is 44.4 Å². The fourth-order valence-electron chi connectivity index (χ4n) is 4.54. The van der Waals surface area contributed by atoms with Gasteiger partial charge in [-0.3, -0.25) is 4.79 Å². The first kappa shape index (κ1) is 17.6. The van der Waals surface area contributed by atoms with E-state index in [1.807, 2.05) is 0 Å². The van der Waals surface area contributed by atoms with Crippen molar-refractivity contribution in [3.8, 4) is 0 Å². The normalized spacial score (nSPS) is 26.3. The number of likely N-dealkylation sites (tertiary alicyclic amines) is 1. The lowest BCUT2D eigenvalue weighted by Crippen LogP contribution is -2.52. The van der Waals surface area contributed by atoms with Crippen molar-refractivity contribution in [1.29, 1.82) is 0 Å². The van der Waals surface area contributed by atoms with Crippen molar-refractivity contribution in [3.05, 3.63) is 0 Å². The van der Waals surface area contributed by atoms with Gasteiger partial charge in [0.1, 0.15) is 6.04 Å². The van der Waals surface area contributed by atoms with E-state index in [0.29, 0.717) is 18.5 Å². The Morgan fingerprint density at radius 2 is 1.50 bits per heavy atom. The molecular formula is C19H33N3O2. The van der Waals surface area contributed by atoms with E-state index >= 15 is 0 Å². The van der Waals surface area contributed by atoms with Crippen molar-refractivity contribution < 1.29 is 9.59 Å².